The zero-order valence-electron chi connectivity index (χ0n) is 14.5. The molecule has 0 aliphatic carbocycles. The second-order valence-corrected chi connectivity index (χ2v) is 5.92. The van der Waals surface area contributed by atoms with Crippen LogP contribution in [0.3, 0.4) is 0 Å². The first-order valence-corrected chi connectivity index (χ1v) is 7.93. The van der Waals surface area contributed by atoms with E-state index in [1.165, 1.54) is 0 Å². The first-order chi connectivity index (χ1) is 11.5. The minimum atomic E-state index is -0.0862. The second kappa shape index (κ2) is 8.20. The average molecular weight is 324 g/mol. The molecule has 0 bridgehead atoms. The third-order valence-corrected chi connectivity index (χ3v) is 3.65. The van der Waals surface area contributed by atoms with Crippen molar-refractivity contribution in [2.75, 3.05) is 23.8 Å². The van der Waals surface area contributed by atoms with Gasteiger partial charge in [-0.15, -0.1) is 0 Å². The average Bonchev–Trinajstić information content (AvgIpc) is 2.56. The predicted octanol–water partition coefficient (Wildman–Crippen LogP) is 4.31. The molecular weight excluding hydrogens is 300 g/mol. The molecule has 0 saturated carbocycles. The van der Waals surface area contributed by atoms with Gasteiger partial charge in [-0.25, -0.2) is 0 Å². The van der Waals surface area contributed by atoms with Gasteiger partial charge >= 0.3 is 0 Å². The number of nitrogens with one attached hydrogen (secondary N) is 2. The van der Waals surface area contributed by atoms with Gasteiger partial charge in [-0.1, -0.05) is 24.8 Å². The van der Waals surface area contributed by atoms with Crippen LogP contribution in [0.1, 0.15) is 18.1 Å². The van der Waals surface area contributed by atoms with E-state index in [4.69, 9.17) is 4.74 Å². The van der Waals surface area contributed by atoms with Crippen LogP contribution in [0.5, 0.6) is 5.75 Å². The molecule has 0 aliphatic heterocycles. The largest absolute Gasteiger partial charge is 0.489 e. The Labute approximate surface area is 143 Å². The lowest BCUT2D eigenvalue weighted by atomic mass is 10.1. The molecule has 0 saturated heterocycles. The summed E-state index contributed by atoms with van der Waals surface area (Å²) in [6.07, 6.45) is 0. The Morgan fingerprint density at radius 2 is 1.92 bits per heavy atom. The molecule has 4 nitrogen and oxygen atoms in total. The van der Waals surface area contributed by atoms with E-state index in [0.717, 1.165) is 33.8 Å². The fourth-order valence-corrected chi connectivity index (χ4v) is 2.17. The number of aryl methyl sites for hydroxylation is 1. The van der Waals surface area contributed by atoms with E-state index in [-0.39, 0.29) is 12.5 Å². The van der Waals surface area contributed by atoms with E-state index in [0.29, 0.717) is 6.61 Å². The Kier molecular flexibility index (Phi) is 6.01. The number of amides is 1. The highest BCUT2D eigenvalue weighted by Gasteiger charge is 2.06. The number of rotatable bonds is 7. The summed E-state index contributed by atoms with van der Waals surface area (Å²) >= 11 is 0. The molecule has 24 heavy (non-hydrogen) atoms. The first kappa shape index (κ1) is 17.6. The summed E-state index contributed by atoms with van der Waals surface area (Å²) in [4.78, 5) is 12.1. The Hall–Kier alpha value is -2.75. The zero-order valence-corrected chi connectivity index (χ0v) is 14.5. The maximum absolute atomic E-state index is 12.1. The Morgan fingerprint density at radius 3 is 2.67 bits per heavy atom. The molecule has 0 aliphatic rings. The molecule has 0 atom stereocenters. The predicted molar refractivity (Wildman–Crippen MR) is 99.8 cm³/mol. The molecule has 2 N–H and O–H groups in total. The highest BCUT2D eigenvalue weighted by Crippen LogP contribution is 2.19. The first-order valence-electron chi connectivity index (χ1n) is 7.93. The summed E-state index contributed by atoms with van der Waals surface area (Å²) < 4.78 is 5.60. The van der Waals surface area contributed by atoms with Crippen molar-refractivity contribution < 1.29 is 9.53 Å². The van der Waals surface area contributed by atoms with Gasteiger partial charge in [-0.05, 0) is 55.7 Å². The summed E-state index contributed by atoms with van der Waals surface area (Å²) in [5.74, 6) is 0.662. The number of carbonyl (C=O) groups excluding carboxylic acids is 1. The Balaban J connectivity index is 1.90. The molecule has 2 rings (SSSR count). The lowest BCUT2D eigenvalue weighted by Gasteiger charge is -2.12. The van der Waals surface area contributed by atoms with E-state index in [1.54, 1.807) is 0 Å². The molecule has 0 spiro atoms. The van der Waals surface area contributed by atoms with Crippen molar-refractivity contribution in [2.24, 2.45) is 0 Å². The van der Waals surface area contributed by atoms with Crippen LogP contribution in [0, 0.1) is 13.8 Å². The summed E-state index contributed by atoms with van der Waals surface area (Å²) in [7, 11) is 0. The topological polar surface area (TPSA) is 50.4 Å². The number of anilines is 2. The van der Waals surface area contributed by atoms with Crippen molar-refractivity contribution in [1.29, 1.82) is 0 Å². The van der Waals surface area contributed by atoms with Gasteiger partial charge in [0.05, 0.1) is 6.54 Å². The summed E-state index contributed by atoms with van der Waals surface area (Å²) in [6, 6.07) is 13.4. The number of benzene rings is 2. The van der Waals surface area contributed by atoms with Crippen LogP contribution >= 0.6 is 0 Å². The standard InChI is InChI=1S/C20H24N2O2/c1-14(2)13-24-18-9-6-8-17(11-18)21-12-20(23)22-19-10-5-7-15(3)16(19)4/h5-11,21H,1,12-13H2,2-4H3,(H,22,23). The second-order valence-electron chi connectivity index (χ2n) is 5.92. The number of ether oxygens (including phenoxy) is 1. The van der Waals surface area contributed by atoms with Gasteiger partial charge in [0, 0.05) is 17.4 Å². The molecule has 2 aromatic rings. The maximum Gasteiger partial charge on any atom is 0.243 e. The molecule has 0 heterocycles. The van der Waals surface area contributed by atoms with Gasteiger partial charge in [0.15, 0.2) is 0 Å². The monoisotopic (exact) mass is 324 g/mol. The van der Waals surface area contributed by atoms with Gasteiger partial charge in [-0.2, -0.15) is 0 Å². The molecule has 0 aromatic heterocycles. The number of carbonyl (C=O) groups is 1. The van der Waals surface area contributed by atoms with Crippen LogP contribution in [0.25, 0.3) is 0 Å². The van der Waals surface area contributed by atoms with Crippen LogP contribution in [0.2, 0.25) is 0 Å². The highest BCUT2D eigenvalue weighted by molar-refractivity contribution is 5.94. The molecule has 0 unspecified atom stereocenters. The van der Waals surface area contributed by atoms with Crippen LogP contribution in [0.4, 0.5) is 11.4 Å². The van der Waals surface area contributed by atoms with Crippen molar-refractivity contribution in [1.82, 2.24) is 0 Å². The third kappa shape index (κ3) is 5.16. The van der Waals surface area contributed by atoms with Gasteiger partial charge in [0.2, 0.25) is 5.91 Å². The van der Waals surface area contributed by atoms with Crippen LogP contribution < -0.4 is 15.4 Å². The molecule has 0 radical (unpaired) electrons. The molecule has 126 valence electrons. The van der Waals surface area contributed by atoms with Crippen LogP contribution in [0.15, 0.2) is 54.6 Å². The van der Waals surface area contributed by atoms with Crippen LogP contribution in [-0.4, -0.2) is 19.1 Å². The van der Waals surface area contributed by atoms with E-state index in [2.05, 4.69) is 17.2 Å². The van der Waals surface area contributed by atoms with Gasteiger partial charge in [-0.3, -0.25) is 4.79 Å². The van der Waals surface area contributed by atoms with E-state index < -0.39 is 0 Å². The fraction of sp³-hybridized carbons (Fsp3) is 0.250. The molecule has 2 aromatic carbocycles. The normalized spacial score (nSPS) is 10.1. The molecule has 0 fully saturated rings. The van der Waals surface area contributed by atoms with Crippen molar-refractivity contribution in [2.45, 2.75) is 20.8 Å². The fourth-order valence-electron chi connectivity index (χ4n) is 2.17. The maximum atomic E-state index is 12.1. The summed E-state index contributed by atoms with van der Waals surface area (Å²) in [5, 5.41) is 6.04. The minimum Gasteiger partial charge on any atom is -0.489 e. The van der Waals surface area contributed by atoms with Crippen molar-refractivity contribution >= 4 is 17.3 Å². The van der Waals surface area contributed by atoms with E-state index in [9.17, 15) is 4.79 Å². The molecule has 1 amide bonds. The van der Waals surface area contributed by atoms with Gasteiger partial charge in [0.1, 0.15) is 12.4 Å². The van der Waals surface area contributed by atoms with E-state index >= 15 is 0 Å². The number of hydrogen-bond acceptors (Lipinski definition) is 3. The minimum absolute atomic E-state index is 0.0862. The Bertz CT molecular complexity index is 738. The van der Waals surface area contributed by atoms with Crippen molar-refractivity contribution in [3.8, 4) is 5.75 Å². The molecular formula is C20H24N2O2. The lowest BCUT2D eigenvalue weighted by Crippen LogP contribution is -2.22. The van der Waals surface area contributed by atoms with Gasteiger partial charge in [0.25, 0.3) is 0 Å². The SMILES string of the molecule is C=C(C)COc1cccc(NCC(=O)Nc2cccc(C)c2C)c1. The summed E-state index contributed by atoms with van der Waals surface area (Å²) in [6.45, 7) is 10.4. The summed E-state index contributed by atoms with van der Waals surface area (Å²) in [5.41, 5.74) is 4.89. The smallest absolute Gasteiger partial charge is 0.243 e. The number of hydrogen-bond donors (Lipinski definition) is 2. The highest BCUT2D eigenvalue weighted by atomic mass is 16.5. The van der Waals surface area contributed by atoms with Crippen molar-refractivity contribution in [3.63, 3.8) is 0 Å². The quantitative estimate of drug-likeness (QED) is 0.746. The van der Waals surface area contributed by atoms with Gasteiger partial charge < -0.3 is 15.4 Å². The van der Waals surface area contributed by atoms with Crippen LogP contribution in [-0.2, 0) is 4.79 Å². The lowest BCUT2D eigenvalue weighted by molar-refractivity contribution is -0.114. The third-order valence-electron chi connectivity index (χ3n) is 3.65. The zero-order chi connectivity index (χ0) is 17.5. The van der Waals surface area contributed by atoms with Crippen molar-refractivity contribution in [3.05, 3.63) is 65.7 Å². The Morgan fingerprint density at radius 1 is 1.17 bits per heavy atom. The molecule has 4 heteroatoms. The van der Waals surface area contributed by atoms with E-state index in [1.807, 2.05) is 63.2 Å².